The lowest BCUT2D eigenvalue weighted by atomic mass is 10.2. The van der Waals surface area contributed by atoms with E-state index in [1.165, 1.54) is 13.0 Å². The van der Waals surface area contributed by atoms with Gasteiger partial charge in [0.15, 0.2) is 0 Å². The zero-order valence-electron chi connectivity index (χ0n) is 7.86. The van der Waals surface area contributed by atoms with Gasteiger partial charge >= 0.3 is 0 Å². The molecule has 1 amide bonds. The minimum atomic E-state index is -0.0961. The number of carbonyl (C=O) groups is 2. The van der Waals surface area contributed by atoms with Gasteiger partial charge < -0.3 is 5.32 Å². The second kappa shape index (κ2) is 4.97. The molecule has 3 heteroatoms. The largest absolute Gasteiger partial charge is 0.326 e. The molecule has 72 valence electrons. The number of aldehydes is 1. The van der Waals surface area contributed by atoms with Crippen molar-refractivity contribution in [2.24, 2.45) is 0 Å². The molecule has 0 bridgehead atoms. The molecule has 1 N–H and O–H groups in total. The maximum Gasteiger partial charge on any atom is 0.221 e. The fraction of sp³-hybridized carbons (Fsp3) is 0.0909. The summed E-state index contributed by atoms with van der Waals surface area (Å²) in [6, 6.07) is 7.22. The molecule has 0 fully saturated rings. The lowest BCUT2D eigenvalue weighted by Crippen LogP contribution is -2.05. The molecule has 0 atom stereocenters. The number of nitrogens with one attached hydrogen (secondary N) is 1. The predicted octanol–water partition coefficient (Wildman–Crippen LogP) is 1.86. The number of hydrogen-bond acceptors (Lipinski definition) is 2. The Balaban J connectivity index is 2.73. The van der Waals surface area contributed by atoms with Crippen LogP contribution in [-0.2, 0) is 9.59 Å². The van der Waals surface area contributed by atoms with Gasteiger partial charge in [-0.2, -0.15) is 0 Å². The first-order valence-corrected chi connectivity index (χ1v) is 4.22. The zero-order valence-corrected chi connectivity index (χ0v) is 7.86. The SMILES string of the molecule is CC(=O)Nc1ccc(C=CC=O)cc1. The Hall–Kier alpha value is -1.90. The van der Waals surface area contributed by atoms with Crippen LogP contribution < -0.4 is 5.32 Å². The molecule has 1 aromatic carbocycles. The van der Waals surface area contributed by atoms with Crippen molar-refractivity contribution in [3.05, 3.63) is 35.9 Å². The number of hydrogen-bond donors (Lipinski definition) is 1. The average Bonchev–Trinajstić information content (AvgIpc) is 2.16. The number of carbonyl (C=O) groups excluding carboxylic acids is 2. The minimum absolute atomic E-state index is 0.0961. The van der Waals surface area contributed by atoms with Crippen molar-refractivity contribution in [3.63, 3.8) is 0 Å². The summed E-state index contributed by atoms with van der Waals surface area (Å²) in [7, 11) is 0. The second-order valence-electron chi connectivity index (χ2n) is 2.80. The lowest BCUT2D eigenvalue weighted by molar-refractivity contribution is -0.114. The monoisotopic (exact) mass is 189 g/mol. The minimum Gasteiger partial charge on any atom is -0.326 e. The summed E-state index contributed by atoms with van der Waals surface area (Å²) in [6.07, 6.45) is 3.85. The number of anilines is 1. The first-order valence-electron chi connectivity index (χ1n) is 4.22. The van der Waals surface area contributed by atoms with Crippen LogP contribution in [0.5, 0.6) is 0 Å². The first-order chi connectivity index (χ1) is 6.72. The molecular formula is C11H11NO2. The van der Waals surface area contributed by atoms with Gasteiger partial charge in [0.2, 0.25) is 5.91 Å². The number of benzene rings is 1. The maximum atomic E-state index is 10.7. The van der Waals surface area contributed by atoms with Crippen LogP contribution in [0.15, 0.2) is 30.3 Å². The summed E-state index contributed by atoms with van der Waals surface area (Å²) in [5, 5.41) is 2.66. The van der Waals surface area contributed by atoms with E-state index in [2.05, 4.69) is 5.32 Å². The predicted molar refractivity (Wildman–Crippen MR) is 55.8 cm³/mol. The molecule has 0 aliphatic rings. The van der Waals surface area contributed by atoms with Gasteiger partial charge in [-0.15, -0.1) is 0 Å². The van der Waals surface area contributed by atoms with Gasteiger partial charge in [-0.3, -0.25) is 9.59 Å². The van der Waals surface area contributed by atoms with E-state index in [0.717, 1.165) is 17.5 Å². The standard InChI is InChI=1S/C11H11NO2/c1-9(14)12-11-6-4-10(5-7-11)3-2-8-13/h2-8H,1H3,(H,12,14). The molecule has 0 saturated heterocycles. The highest BCUT2D eigenvalue weighted by atomic mass is 16.1. The van der Waals surface area contributed by atoms with Gasteiger partial charge in [0.1, 0.15) is 6.29 Å². The molecule has 1 aromatic rings. The molecule has 0 heterocycles. The summed E-state index contributed by atoms with van der Waals surface area (Å²) in [5.74, 6) is -0.0961. The van der Waals surface area contributed by atoms with Crippen LogP contribution in [0.3, 0.4) is 0 Å². The van der Waals surface area contributed by atoms with Crippen molar-refractivity contribution in [1.29, 1.82) is 0 Å². The van der Waals surface area contributed by atoms with E-state index in [4.69, 9.17) is 0 Å². The van der Waals surface area contributed by atoms with E-state index < -0.39 is 0 Å². The number of allylic oxidation sites excluding steroid dienone is 1. The Morgan fingerprint density at radius 1 is 1.29 bits per heavy atom. The van der Waals surface area contributed by atoms with Crippen LogP contribution in [0.4, 0.5) is 5.69 Å². The van der Waals surface area contributed by atoms with Gasteiger partial charge in [0.05, 0.1) is 0 Å². The van der Waals surface area contributed by atoms with Crippen molar-refractivity contribution in [3.8, 4) is 0 Å². The molecule has 1 rings (SSSR count). The smallest absolute Gasteiger partial charge is 0.221 e. The van der Waals surface area contributed by atoms with Crippen LogP contribution in [-0.4, -0.2) is 12.2 Å². The molecule has 0 aliphatic carbocycles. The molecule has 14 heavy (non-hydrogen) atoms. The van der Waals surface area contributed by atoms with Gasteiger partial charge in [-0.25, -0.2) is 0 Å². The fourth-order valence-electron chi connectivity index (χ4n) is 1.03. The van der Waals surface area contributed by atoms with Crippen LogP contribution in [0.2, 0.25) is 0 Å². The van der Waals surface area contributed by atoms with E-state index in [-0.39, 0.29) is 5.91 Å². The molecule has 0 spiro atoms. The Bertz CT molecular complexity index is 352. The fourth-order valence-corrected chi connectivity index (χ4v) is 1.03. The van der Waals surface area contributed by atoms with E-state index in [1.54, 1.807) is 18.2 Å². The van der Waals surface area contributed by atoms with Gasteiger partial charge in [0.25, 0.3) is 0 Å². The van der Waals surface area contributed by atoms with Gasteiger partial charge in [-0.1, -0.05) is 18.2 Å². The maximum absolute atomic E-state index is 10.7. The van der Waals surface area contributed by atoms with Crippen molar-refractivity contribution in [2.45, 2.75) is 6.92 Å². The van der Waals surface area contributed by atoms with Crippen LogP contribution in [0.25, 0.3) is 6.08 Å². The topological polar surface area (TPSA) is 46.2 Å². The second-order valence-corrected chi connectivity index (χ2v) is 2.80. The third-order valence-electron chi connectivity index (χ3n) is 1.60. The Morgan fingerprint density at radius 3 is 2.43 bits per heavy atom. The summed E-state index contributed by atoms with van der Waals surface area (Å²) in [5.41, 5.74) is 1.67. The Kier molecular flexibility index (Phi) is 3.61. The normalized spacial score (nSPS) is 10.1. The van der Waals surface area contributed by atoms with Crippen LogP contribution in [0.1, 0.15) is 12.5 Å². The van der Waals surface area contributed by atoms with E-state index in [1.807, 2.05) is 12.1 Å². The number of amides is 1. The summed E-state index contributed by atoms with van der Waals surface area (Å²) >= 11 is 0. The molecule has 0 aromatic heterocycles. The highest BCUT2D eigenvalue weighted by Gasteiger charge is 1.93. The van der Waals surface area contributed by atoms with E-state index in [0.29, 0.717) is 0 Å². The van der Waals surface area contributed by atoms with Gasteiger partial charge in [0, 0.05) is 12.6 Å². The molecule has 0 saturated carbocycles. The van der Waals surface area contributed by atoms with Crippen LogP contribution in [0, 0.1) is 0 Å². The zero-order chi connectivity index (χ0) is 10.4. The molecule has 0 unspecified atom stereocenters. The van der Waals surface area contributed by atoms with Crippen molar-refractivity contribution < 1.29 is 9.59 Å². The summed E-state index contributed by atoms with van der Waals surface area (Å²) in [6.45, 7) is 1.46. The first kappa shape index (κ1) is 10.2. The van der Waals surface area contributed by atoms with Crippen LogP contribution >= 0.6 is 0 Å². The molecular weight excluding hydrogens is 178 g/mol. The van der Waals surface area contributed by atoms with E-state index >= 15 is 0 Å². The van der Waals surface area contributed by atoms with E-state index in [9.17, 15) is 9.59 Å². The Morgan fingerprint density at radius 2 is 1.93 bits per heavy atom. The molecule has 0 radical (unpaired) electrons. The molecule has 0 aliphatic heterocycles. The van der Waals surface area contributed by atoms with Crippen molar-refractivity contribution >= 4 is 24.0 Å². The lowest BCUT2D eigenvalue weighted by Gasteiger charge is -2.01. The third-order valence-corrected chi connectivity index (χ3v) is 1.60. The summed E-state index contributed by atoms with van der Waals surface area (Å²) < 4.78 is 0. The van der Waals surface area contributed by atoms with Gasteiger partial charge in [-0.05, 0) is 23.8 Å². The Labute approximate surface area is 82.4 Å². The quantitative estimate of drug-likeness (QED) is 0.582. The highest BCUT2D eigenvalue weighted by Crippen LogP contribution is 2.10. The highest BCUT2D eigenvalue weighted by molar-refractivity contribution is 5.88. The summed E-state index contributed by atoms with van der Waals surface area (Å²) in [4.78, 5) is 20.7. The number of rotatable bonds is 3. The third kappa shape index (κ3) is 3.23. The van der Waals surface area contributed by atoms with Crippen molar-refractivity contribution in [1.82, 2.24) is 0 Å². The average molecular weight is 189 g/mol. The molecule has 3 nitrogen and oxygen atoms in total. The van der Waals surface area contributed by atoms with Crippen molar-refractivity contribution in [2.75, 3.05) is 5.32 Å².